The topological polar surface area (TPSA) is 39.4 Å². The molecule has 1 heterocycles. The minimum absolute atomic E-state index is 0.163. The van der Waals surface area contributed by atoms with Crippen LogP contribution in [0.1, 0.15) is 23.0 Å². The molecule has 2 aromatic rings. The quantitative estimate of drug-likeness (QED) is 0.808. The number of halogens is 1. The van der Waals surface area contributed by atoms with Gasteiger partial charge in [0.2, 0.25) is 5.78 Å². The first-order valence-electron chi connectivity index (χ1n) is 5.23. The van der Waals surface area contributed by atoms with E-state index in [1.54, 1.807) is 24.3 Å². The zero-order valence-corrected chi connectivity index (χ0v) is 10.9. The van der Waals surface area contributed by atoms with Crippen LogP contribution in [0.25, 0.3) is 0 Å². The van der Waals surface area contributed by atoms with Gasteiger partial charge < -0.3 is 9.15 Å². The molecule has 0 radical (unpaired) electrons. The van der Waals surface area contributed by atoms with E-state index < -0.39 is 0 Å². The molecule has 0 fully saturated rings. The highest BCUT2D eigenvalue weighted by Gasteiger charge is 2.16. The van der Waals surface area contributed by atoms with E-state index in [-0.39, 0.29) is 5.78 Å². The fourth-order valence-corrected chi connectivity index (χ4v) is 1.86. The zero-order valence-electron chi connectivity index (χ0n) is 9.27. The predicted molar refractivity (Wildman–Crippen MR) is 67.5 cm³/mol. The van der Waals surface area contributed by atoms with Gasteiger partial charge in [0.25, 0.3) is 0 Å². The Morgan fingerprint density at radius 3 is 2.88 bits per heavy atom. The standard InChI is InChI=1S/C13H11BrO3/c1-2-16-10-5-3-4-9(8-10)12(15)13-11(14)6-7-17-13/h3-8H,2H2,1H3. The van der Waals surface area contributed by atoms with Gasteiger partial charge in [-0.2, -0.15) is 0 Å². The molecule has 0 aliphatic heterocycles. The third-order valence-electron chi connectivity index (χ3n) is 2.23. The summed E-state index contributed by atoms with van der Waals surface area (Å²) in [6.07, 6.45) is 1.48. The maximum Gasteiger partial charge on any atom is 0.229 e. The Labute approximate surface area is 108 Å². The lowest BCUT2D eigenvalue weighted by atomic mass is 10.1. The van der Waals surface area contributed by atoms with Crippen molar-refractivity contribution in [2.45, 2.75) is 6.92 Å². The van der Waals surface area contributed by atoms with Crippen LogP contribution in [0.4, 0.5) is 0 Å². The van der Waals surface area contributed by atoms with Crippen LogP contribution in [0.2, 0.25) is 0 Å². The van der Waals surface area contributed by atoms with E-state index in [2.05, 4.69) is 15.9 Å². The summed E-state index contributed by atoms with van der Waals surface area (Å²) in [6.45, 7) is 2.47. The Kier molecular flexibility index (Phi) is 3.64. The molecule has 1 aromatic carbocycles. The molecule has 4 heteroatoms. The Balaban J connectivity index is 2.31. The summed E-state index contributed by atoms with van der Waals surface area (Å²) >= 11 is 3.27. The molecule has 88 valence electrons. The van der Waals surface area contributed by atoms with Gasteiger partial charge in [-0.25, -0.2) is 0 Å². The minimum atomic E-state index is -0.163. The normalized spacial score (nSPS) is 10.2. The third-order valence-corrected chi connectivity index (χ3v) is 2.86. The number of carbonyl (C=O) groups excluding carboxylic acids is 1. The monoisotopic (exact) mass is 294 g/mol. The Morgan fingerprint density at radius 1 is 1.41 bits per heavy atom. The van der Waals surface area contributed by atoms with Crippen molar-refractivity contribution in [2.75, 3.05) is 6.61 Å². The number of ketones is 1. The molecule has 3 nitrogen and oxygen atoms in total. The average molecular weight is 295 g/mol. The van der Waals surface area contributed by atoms with Crippen molar-refractivity contribution >= 4 is 21.7 Å². The van der Waals surface area contributed by atoms with Crippen molar-refractivity contribution in [3.8, 4) is 5.75 Å². The van der Waals surface area contributed by atoms with Crippen LogP contribution in [-0.4, -0.2) is 12.4 Å². The summed E-state index contributed by atoms with van der Waals surface area (Å²) in [4.78, 5) is 12.1. The zero-order chi connectivity index (χ0) is 12.3. The Bertz CT molecular complexity index is 531. The van der Waals surface area contributed by atoms with Gasteiger partial charge in [0.1, 0.15) is 5.75 Å². The van der Waals surface area contributed by atoms with E-state index in [9.17, 15) is 4.79 Å². The van der Waals surface area contributed by atoms with Gasteiger partial charge in [-0.3, -0.25) is 4.79 Å². The molecule has 0 N–H and O–H groups in total. The van der Waals surface area contributed by atoms with Crippen molar-refractivity contribution in [2.24, 2.45) is 0 Å². The van der Waals surface area contributed by atoms with Crippen molar-refractivity contribution in [3.63, 3.8) is 0 Å². The van der Waals surface area contributed by atoms with E-state index in [1.165, 1.54) is 6.26 Å². The fraction of sp³-hybridized carbons (Fsp3) is 0.154. The summed E-state index contributed by atoms with van der Waals surface area (Å²) in [5, 5.41) is 0. The van der Waals surface area contributed by atoms with Gasteiger partial charge >= 0.3 is 0 Å². The maximum atomic E-state index is 12.1. The number of benzene rings is 1. The second-order valence-corrected chi connectivity index (χ2v) is 4.24. The van der Waals surface area contributed by atoms with Crippen molar-refractivity contribution in [1.82, 2.24) is 0 Å². The number of hydrogen-bond donors (Lipinski definition) is 0. The van der Waals surface area contributed by atoms with E-state index in [1.807, 2.05) is 13.0 Å². The van der Waals surface area contributed by atoms with Crippen LogP contribution < -0.4 is 4.74 Å². The molecule has 0 saturated heterocycles. The smallest absolute Gasteiger partial charge is 0.229 e. The summed E-state index contributed by atoms with van der Waals surface area (Å²) in [6, 6.07) is 8.74. The van der Waals surface area contributed by atoms with Crippen LogP contribution in [0.5, 0.6) is 5.75 Å². The second kappa shape index (κ2) is 5.19. The lowest BCUT2D eigenvalue weighted by molar-refractivity contribution is 0.101. The average Bonchev–Trinajstić information content (AvgIpc) is 2.75. The molecule has 0 atom stereocenters. The summed E-state index contributed by atoms with van der Waals surface area (Å²) in [5.74, 6) is 0.822. The number of carbonyl (C=O) groups is 1. The van der Waals surface area contributed by atoms with E-state index in [0.29, 0.717) is 28.2 Å². The molecule has 0 aliphatic carbocycles. The molecule has 0 aliphatic rings. The van der Waals surface area contributed by atoms with Crippen molar-refractivity contribution < 1.29 is 13.9 Å². The highest BCUT2D eigenvalue weighted by atomic mass is 79.9. The largest absolute Gasteiger partial charge is 0.494 e. The second-order valence-electron chi connectivity index (χ2n) is 3.39. The van der Waals surface area contributed by atoms with Crippen LogP contribution >= 0.6 is 15.9 Å². The minimum Gasteiger partial charge on any atom is -0.494 e. The highest BCUT2D eigenvalue weighted by molar-refractivity contribution is 9.10. The molecule has 17 heavy (non-hydrogen) atoms. The molecule has 0 bridgehead atoms. The molecular weight excluding hydrogens is 284 g/mol. The Morgan fingerprint density at radius 2 is 2.24 bits per heavy atom. The number of hydrogen-bond acceptors (Lipinski definition) is 3. The first-order valence-corrected chi connectivity index (χ1v) is 6.02. The molecule has 0 saturated carbocycles. The fourth-order valence-electron chi connectivity index (χ4n) is 1.48. The van der Waals surface area contributed by atoms with Crippen LogP contribution in [-0.2, 0) is 0 Å². The molecule has 1 aromatic heterocycles. The lowest BCUT2D eigenvalue weighted by Gasteiger charge is -2.04. The van der Waals surface area contributed by atoms with Gasteiger partial charge in [-0.15, -0.1) is 0 Å². The number of rotatable bonds is 4. The van der Waals surface area contributed by atoms with Gasteiger partial charge in [-0.1, -0.05) is 12.1 Å². The number of furan rings is 1. The van der Waals surface area contributed by atoms with Gasteiger partial charge in [-0.05, 0) is 41.1 Å². The summed E-state index contributed by atoms with van der Waals surface area (Å²) in [7, 11) is 0. The molecule has 0 amide bonds. The molecule has 0 unspecified atom stereocenters. The van der Waals surface area contributed by atoms with Gasteiger partial charge in [0.05, 0.1) is 17.3 Å². The van der Waals surface area contributed by atoms with E-state index in [4.69, 9.17) is 9.15 Å². The van der Waals surface area contributed by atoms with Crippen LogP contribution in [0.3, 0.4) is 0 Å². The van der Waals surface area contributed by atoms with Gasteiger partial charge in [0.15, 0.2) is 5.76 Å². The SMILES string of the molecule is CCOc1cccc(C(=O)c2occc2Br)c1. The summed E-state index contributed by atoms with van der Waals surface area (Å²) in [5.41, 5.74) is 0.548. The first-order chi connectivity index (χ1) is 8.22. The Hall–Kier alpha value is -1.55. The first kappa shape index (κ1) is 11.9. The number of ether oxygens (including phenoxy) is 1. The lowest BCUT2D eigenvalue weighted by Crippen LogP contribution is -2.01. The molecular formula is C13H11BrO3. The van der Waals surface area contributed by atoms with E-state index in [0.717, 1.165) is 0 Å². The molecule has 0 spiro atoms. The van der Waals surface area contributed by atoms with Crippen molar-refractivity contribution in [1.29, 1.82) is 0 Å². The van der Waals surface area contributed by atoms with E-state index >= 15 is 0 Å². The molecule has 2 rings (SSSR count). The summed E-state index contributed by atoms with van der Waals surface area (Å²) < 4.78 is 11.1. The van der Waals surface area contributed by atoms with Crippen LogP contribution in [0, 0.1) is 0 Å². The highest BCUT2D eigenvalue weighted by Crippen LogP contribution is 2.22. The maximum absolute atomic E-state index is 12.1. The van der Waals surface area contributed by atoms with Crippen molar-refractivity contribution in [3.05, 3.63) is 52.4 Å². The van der Waals surface area contributed by atoms with Gasteiger partial charge in [0, 0.05) is 5.56 Å². The van der Waals surface area contributed by atoms with Crippen LogP contribution in [0.15, 0.2) is 45.5 Å². The predicted octanol–water partition coefficient (Wildman–Crippen LogP) is 3.67. The third kappa shape index (κ3) is 2.58.